The summed E-state index contributed by atoms with van der Waals surface area (Å²) in [4.78, 5) is 11.2. The van der Waals surface area contributed by atoms with Crippen LogP contribution in [0.1, 0.15) is 26.0 Å². The van der Waals surface area contributed by atoms with Gasteiger partial charge in [-0.05, 0) is 25.8 Å². The number of piperidine rings is 1. The average Bonchev–Trinajstić information content (AvgIpc) is 2.43. The number of ether oxygens (including phenoxy) is 1. The molecule has 0 aliphatic carbocycles. The first-order valence-electron chi connectivity index (χ1n) is 7.02. The molecule has 1 fully saturated rings. The maximum atomic E-state index is 5.53. The van der Waals surface area contributed by atoms with Crippen molar-refractivity contribution in [2.45, 2.75) is 32.9 Å². The van der Waals surface area contributed by atoms with Gasteiger partial charge >= 0.3 is 0 Å². The van der Waals surface area contributed by atoms with Crippen molar-refractivity contribution >= 4 is 5.82 Å². The molecule has 0 spiro atoms. The summed E-state index contributed by atoms with van der Waals surface area (Å²) in [5.41, 5.74) is 1.02. The third-order valence-electron chi connectivity index (χ3n) is 3.73. The maximum Gasteiger partial charge on any atom is 0.144 e. The van der Waals surface area contributed by atoms with Gasteiger partial charge in [-0.3, -0.25) is 9.88 Å². The van der Waals surface area contributed by atoms with Gasteiger partial charge < -0.3 is 10.1 Å². The molecule has 0 saturated carbocycles. The molecule has 0 bridgehead atoms. The molecule has 5 heteroatoms. The molecule has 2 rings (SSSR count). The van der Waals surface area contributed by atoms with Crippen molar-refractivity contribution in [1.29, 1.82) is 0 Å². The summed E-state index contributed by atoms with van der Waals surface area (Å²) in [5, 5.41) is 3.15. The van der Waals surface area contributed by atoms with Crippen molar-refractivity contribution in [3.63, 3.8) is 0 Å². The van der Waals surface area contributed by atoms with Crippen LogP contribution in [-0.4, -0.2) is 47.7 Å². The van der Waals surface area contributed by atoms with E-state index in [0.29, 0.717) is 12.0 Å². The largest absolute Gasteiger partial charge is 0.380 e. The molecule has 0 aromatic carbocycles. The lowest BCUT2D eigenvalue weighted by Crippen LogP contribution is -2.43. The Labute approximate surface area is 115 Å². The summed E-state index contributed by atoms with van der Waals surface area (Å²) >= 11 is 0. The Bertz CT molecular complexity index is 382. The first-order valence-corrected chi connectivity index (χ1v) is 7.02. The van der Waals surface area contributed by atoms with Crippen LogP contribution in [-0.2, 0) is 11.3 Å². The van der Waals surface area contributed by atoms with E-state index in [4.69, 9.17) is 4.74 Å². The Hall–Kier alpha value is -1.20. The van der Waals surface area contributed by atoms with Gasteiger partial charge in [0.05, 0.1) is 24.2 Å². The summed E-state index contributed by atoms with van der Waals surface area (Å²) < 4.78 is 5.53. The molecular weight excluding hydrogens is 240 g/mol. The molecule has 0 radical (unpaired) electrons. The van der Waals surface area contributed by atoms with E-state index in [1.165, 1.54) is 6.42 Å². The summed E-state index contributed by atoms with van der Waals surface area (Å²) in [7, 11) is 1.80. The van der Waals surface area contributed by atoms with E-state index in [1.54, 1.807) is 13.3 Å². The summed E-state index contributed by atoms with van der Waals surface area (Å²) in [6.45, 7) is 8.12. The van der Waals surface area contributed by atoms with Gasteiger partial charge in [-0.2, -0.15) is 0 Å². The van der Waals surface area contributed by atoms with Crippen molar-refractivity contribution < 1.29 is 4.74 Å². The molecule has 2 atom stereocenters. The van der Waals surface area contributed by atoms with E-state index in [2.05, 4.69) is 34.0 Å². The topological polar surface area (TPSA) is 50.3 Å². The zero-order valence-corrected chi connectivity index (χ0v) is 12.1. The van der Waals surface area contributed by atoms with Crippen LogP contribution in [0.2, 0.25) is 0 Å². The highest BCUT2D eigenvalue weighted by Crippen LogP contribution is 2.20. The van der Waals surface area contributed by atoms with Gasteiger partial charge in [-0.1, -0.05) is 6.92 Å². The van der Waals surface area contributed by atoms with E-state index in [9.17, 15) is 0 Å². The van der Waals surface area contributed by atoms with Crippen molar-refractivity contribution in [2.75, 3.05) is 32.1 Å². The minimum absolute atomic E-state index is 0.336. The van der Waals surface area contributed by atoms with Crippen molar-refractivity contribution in [2.24, 2.45) is 5.92 Å². The molecule has 106 valence electrons. The Balaban J connectivity index is 1.90. The van der Waals surface area contributed by atoms with Gasteiger partial charge in [0.1, 0.15) is 5.82 Å². The third kappa shape index (κ3) is 3.88. The Morgan fingerprint density at radius 2 is 2.26 bits per heavy atom. The normalized spacial score (nSPS) is 24.4. The smallest absolute Gasteiger partial charge is 0.144 e. The van der Waals surface area contributed by atoms with Crippen molar-refractivity contribution in [3.8, 4) is 0 Å². The lowest BCUT2D eigenvalue weighted by Gasteiger charge is -2.35. The second kappa shape index (κ2) is 6.82. The highest BCUT2D eigenvalue weighted by atomic mass is 16.5. The first kappa shape index (κ1) is 14.2. The molecule has 2 heterocycles. The van der Waals surface area contributed by atoms with Gasteiger partial charge in [0, 0.05) is 26.7 Å². The molecule has 2 unspecified atom stereocenters. The van der Waals surface area contributed by atoms with Gasteiger partial charge in [0.25, 0.3) is 0 Å². The zero-order chi connectivity index (χ0) is 13.7. The SMILES string of the molecule is CCNc1cnc(CN2CCC(C)C(OC)C2)cn1. The van der Waals surface area contributed by atoms with Gasteiger partial charge in [-0.25, -0.2) is 4.98 Å². The summed E-state index contributed by atoms with van der Waals surface area (Å²) in [6, 6.07) is 0. The van der Waals surface area contributed by atoms with Gasteiger partial charge in [-0.15, -0.1) is 0 Å². The molecule has 0 amide bonds. The lowest BCUT2D eigenvalue weighted by atomic mass is 9.96. The number of rotatable bonds is 5. The predicted molar refractivity (Wildman–Crippen MR) is 76.1 cm³/mol. The number of likely N-dealkylation sites (tertiary alicyclic amines) is 1. The number of anilines is 1. The van der Waals surface area contributed by atoms with Crippen LogP contribution in [0.3, 0.4) is 0 Å². The number of methoxy groups -OCH3 is 1. The summed E-state index contributed by atoms with van der Waals surface area (Å²) in [5.74, 6) is 1.48. The summed E-state index contributed by atoms with van der Waals surface area (Å²) in [6.07, 6.45) is 5.18. The number of hydrogen-bond donors (Lipinski definition) is 1. The number of nitrogens with one attached hydrogen (secondary N) is 1. The first-order chi connectivity index (χ1) is 9.22. The Morgan fingerprint density at radius 3 is 2.89 bits per heavy atom. The zero-order valence-electron chi connectivity index (χ0n) is 12.1. The molecule has 5 nitrogen and oxygen atoms in total. The van der Waals surface area contributed by atoms with Gasteiger partial charge in [0.2, 0.25) is 0 Å². The average molecular weight is 264 g/mol. The van der Waals surface area contributed by atoms with E-state index in [0.717, 1.165) is 37.7 Å². The van der Waals surface area contributed by atoms with Crippen LogP contribution in [0.5, 0.6) is 0 Å². The minimum Gasteiger partial charge on any atom is -0.380 e. The second-order valence-corrected chi connectivity index (χ2v) is 5.20. The quantitative estimate of drug-likeness (QED) is 0.878. The number of nitrogens with zero attached hydrogens (tertiary/aromatic N) is 3. The van der Waals surface area contributed by atoms with Crippen LogP contribution >= 0.6 is 0 Å². The minimum atomic E-state index is 0.336. The van der Waals surface area contributed by atoms with Crippen LogP contribution < -0.4 is 5.32 Å². The highest BCUT2D eigenvalue weighted by Gasteiger charge is 2.26. The lowest BCUT2D eigenvalue weighted by molar-refractivity contribution is -0.00781. The van der Waals surface area contributed by atoms with Crippen LogP contribution in [0.15, 0.2) is 12.4 Å². The highest BCUT2D eigenvalue weighted by molar-refractivity contribution is 5.30. The van der Waals surface area contributed by atoms with E-state index in [1.807, 2.05) is 6.20 Å². The Morgan fingerprint density at radius 1 is 1.42 bits per heavy atom. The van der Waals surface area contributed by atoms with Crippen LogP contribution in [0.25, 0.3) is 0 Å². The Kier molecular flexibility index (Phi) is 5.10. The molecule has 1 aliphatic heterocycles. The molecular formula is C14H24N4O. The fourth-order valence-electron chi connectivity index (χ4n) is 2.49. The second-order valence-electron chi connectivity index (χ2n) is 5.20. The molecule has 1 N–H and O–H groups in total. The van der Waals surface area contributed by atoms with E-state index >= 15 is 0 Å². The monoisotopic (exact) mass is 264 g/mol. The van der Waals surface area contributed by atoms with Crippen LogP contribution in [0, 0.1) is 5.92 Å². The molecule has 1 aliphatic rings. The van der Waals surface area contributed by atoms with E-state index < -0.39 is 0 Å². The fourth-order valence-corrected chi connectivity index (χ4v) is 2.49. The standard InChI is InChI=1S/C14H24N4O/c1-4-15-14-8-16-12(7-17-14)9-18-6-5-11(2)13(10-18)19-3/h7-8,11,13H,4-6,9-10H2,1-3H3,(H,15,17). The van der Waals surface area contributed by atoms with Crippen molar-refractivity contribution in [1.82, 2.24) is 14.9 Å². The molecule has 1 aromatic heterocycles. The van der Waals surface area contributed by atoms with E-state index in [-0.39, 0.29) is 0 Å². The third-order valence-corrected chi connectivity index (χ3v) is 3.73. The molecule has 19 heavy (non-hydrogen) atoms. The van der Waals surface area contributed by atoms with Crippen LogP contribution in [0.4, 0.5) is 5.82 Å². The molecule has 1 aromatic rings. The number of aromatic nitrogens is 2. The van der Waals surface area contributed by atoms with Crippen molar-refractivity contribution in [3.05, 3.63) is 18.1 Å². The fraction of sp³-hybridized carbons (Fsp3) is 0.714. The maximum absolute atomic E-state index is 5.53. The number of hydrogen-bond acceptors (Lipinski definition) is 5. The molecule has 1 saturated heterocycles. The predicted octanol–water partition coefficient (Wildman–Crippen LogP) is 1.77. The van der Waals surface area contributed by atoms with Gasteiger partial charge in [0.15, 0.2) is 0 Å².